The van der Waals surface area contributed by atoms with Crippen LogP contribution in [0.1, 0.15) is 42.5 Å². The van der Waals surface area contributed by atoms with E-state index in [0.29, 0.717) is 19.0 Å². The van der Waals surface area contributed by atoms with E-state index in [1.54, 1.807) is 17.5 Å². The molecule has 4 aromatic rings. The van der Waals surface area contributed by atoms with E-state index in [0.717, 1.165) is 43.7 Å². The first kappa shape index (κ1) is 20.2. The van der Waals surface area contributed by atoms with E-state index < -0.39 is 0 Å². The summed E-state index contributed by atoms with van der Waals surface area (Å²) in [5.41, 5.74) is 5.33. The molecule has 30 heavy (non-hydrogen) atoms. The molecule has 9 heteroatoms. The molecule has 0 saturated carbocycles. The predicted octanol–water partition coefficient (Wildman–Crippen LogP) is 4.55. The Morgan fingerprint density at radius 2 is 2.07 bits per heavy atom. The summed E-state index contributed by atoms with van der Waals surface area (Å²) in [7, 11) is 0. The zero-order valence-electron chi connectivity index (χ0n) is 17.8. The monoisotopic (exact) mass is 423 g/mol. The number of fused-ring (bicyclic) bond motifs is 1. The average molecular weight is 424 g/mol. The van der Waals surface area contributed by atoms with E-state index in [1.807, 2.05) is 43.7 Å². The van der Waals surface area contributed by atoms with Gasteiger partial charge in [0.25, 0.3) is 0 Å². The number of hydrogen-bond donors (Lipinski definition) is 1. The Labute approximate surface area is 179 Å². The minimum Gasteiger partial charge on any atom is -0.477 e. The lowest BCUT2D eigenvalue weighted by atomic mass is 10.1. The number of hydrogen-bond acceptors (Lipinski definition) is 8. The molecule has 0 aliphatic rings. The van der Waals surface area contributed by atoms with Crippen LogP contribution in [0.3, 0.4) is 0 Å². The standard InChI is InChI=1S/C21H25N7OS/c1-6-29-21-15(8-7-9-22-21)16-10-17(23-11-18-26-25-14(5)30-18)20-19(24-16)13(4)27-28(20)12(2)3/h7-10,12H,6,11H2,1-5H3,(H,23,24). The van der Waals surface area contributed by atoms with Crippen LogP contribution in [-0.4, -0.2) is 36.6 Å². The molecule has 0 atom stereocenters. The van der Waals surface area contributed by atoms with Gasteiger partial charge in [-0.25, -0.2) is 9.97 Å². The number of aromatic nitrogens is 6. The van der Waals surface area contributed by atoms with Crippen molar-refractivity contribution in [2.45, 2.75) is 47.2 Å². The van der Waals surface area contributed by atoms with Gasteiger partial charge in [0.05, 0.1) is 35.8 Å². The summed E-state index contributed by atoms with van der Waals surface area (Å²) < 4.78 is 7.76. The molecule has 0 fully saturated rings. The summed E-state index contributed by atoms with van der Waals surface area (Å²) in [6.45, 7) is 11.2. The average Bonchev–Trinajstić information content (AvgIpc) is 3.30. The van der Waals surface area contributed by atoms with Crippen LogP contribution in [0.25, 0.3) is 22.3 Å². The third-order valence-corrected chi connectivity index (χ3v) is 5.48. The molecular weight excluding hydrogens is 398 g/mol. The highest BCUT2D eigenvalue weighted by Gasteiger charge is 2.19. The van der Waals surface area contributed by atoms with Crippen LogP contribution in [0.4, 0.5) is 5.69 Å². The summed E-state index contributed by atoms with van der Waals surface area (Å²) in [4.78, 5) is 9.33. The normalized spacial score (nSPS) is 11.4. The number of anilines is 1. The number of pyridine rings is 2. The molecule has 4 heterocycles. The van der Waals surface area contributed by atoms with E-state index in [4.69, 9.17) is 14.8 Å². The first-order chi connectivity index (χ1) is 14.5. The topological polar surface area (TPSA) is 90.6 Å². The summed E-state index contributed by atoms with van der Waals surface area (Å²) in [6, 6.07) is 6.11. The van der Waals surface area contributed by atoms with Gasteiger partial charge in [-0.3, -0.25) is 4.68 Å². The van der Waals surface area contributed by atoms with Gasteiger partial charge in [0.15, 0.2) is 0 Å². The summed E-state index contributed by atoms with van der Waals surface area (Å²) in [6.07, 6.45) is 1.73. The van der Waals surface area contributed by atoms with Crippen molar-refractivity contribution in [1.29, 1.82) is 0 Å². The van der Waals surface area contributed by atoms with E-state index in [9.17, 15) is 0 Å². The number of ether oxygens (including phenoxy) is 1. The molecule has 0 unspecified atom stereocenters. The maximum Gasteiger partial charge on any atom is 0.222 e. The van der Waals surface area contributed by atoms with E-state index in [-0.39, 0.29) is 6.04 Å². The third kappa shape index (κ3) is 3.85. The van der Waals surface area contributed by atoms with Crippen LogP contribution in [0, 0.1) is 13.8 Å². The molecule has 0 spiro atoms. The largest absolute Gasteiger partial charge is 0.477 e. The minimum absolute atomic E-state index is 0.204. The van der Waals surface area contributed by atoms with Gasteiger partial charge in [-0.05, 0) is 52.8 Å². The molecule has 0 amide bonds. The minimum atomic E-state index is 0.204. The molecule has 0 aromatic carbocycles. The third-order valence-electron chi connectivity index (χ3n) is 4.64. The molecule has 4 aromatic heterocycles. The Bertz CT molecular complexity index is 1180. The second-order valence-corrected chi connectivity index (χ2v) is 8.50. The van der Waals surface area contributed by atoms with Gasteiger partial charge >= 0.3 is 0 Å². The Balaban J connectivity index is 1.86. The van der Waals surface area contributed by atoms with Crippen LogP contribution in [0.2, 0.25) is 0 Å². The molecule has 0 aliphatic heterocycles. The maximum atomic E-state index is 5.74. The highest BCUT2D eigenvalue weighted by atomic mass is 32.1. The quantitative estimate of drug-likeness (QED) is 0.466. The van der Waals surface area contributed by atoms with Gasteiger partial charge in [0.1, 0.15) is 21.0 Å². The van der Waals surface area contributed by atoms with Crippen molar-refractivity contribution < 1.29 is 4.74 Å². The number of rotatable bonds is 7. The predicted molar refractivity (Wildman–Crippen MR) is 119 cm³/mol. The fraction of sp³-hybridized carbons (Fsp3) is 0.381. The van der Waals surface area contributed by atoms with Gasteiger partial charge in [-0.15, -0.1) is 10.2 Å². The second kappa shape index (κ2) is 8.35. The van der Waals surface area contributed by atoms with Crippen LogP contribution in [-0.2, 0) is 6.54 Å². The van der Waals surface area contributed by atoms with Crippen molar-refractivity contribution in [2.24, 2.45) is 0 Å². The lowest BCUT2D eigenvalue weighted by Crippen LogP contribution is -2.07. The number of nitrogens with one attached hydrogen (secondary N) is 1. The molecule has 0 radical (unpaired) electrons. The lowest BCUT2D eigenvalue weighted by molar-refractivity contribution is 0.328. The molecule has 156 valence electrons. The van der Waals surface area contributed by atoms with Gasteiger partial charge in [0, 0.05) is 12.2 Å². The van der Waals surface area contributed by atoms with E-state index >= 15 is 0 Å². The van der Waals surface area contributed by atoms with E-state index in [2.05, 4.69) is 34.3 Å². The van der Waals surface area contributed by atoms with Gasteiger partial charge < -0.3 is 10.1 Å². The van der Waals surface area contributed by atoms with Crippen LogP contribution in [0.5, 0.6) is 5.88 Å². The summed E-state index contributed by atoms with van der Waals surface area (Å²) >= 11 is 1.58. The smallest absolute Gasteiger partial charge is 0.222 e. The van der Waals surface area contributed by atoms with Crippen molar-refractivity contribution in [3.8, 4) is 17.1 Å². The van der Waals surface area contributed by atoms with Crippen molar-refractivity contribution in [3.05, 3.63) is 40.1 Å². The zero-order valence-corrected chi connectivity index (χ0v) is 18.6. The van der Waals surface area contributed by atoms with E-state index in [1.165, 1.54) is 0 Å². The zero-order chi connectivity index (χ0) is 21.3. The lowest BCUT2D eigenvalue weighted by Gasteiger charge is -2.14. The second-order valence-electron chi connectivity index (χ2n) is 7.23. The highest BCUT2D eigenvalue weighted by molar-refractivity contribution is 7.11. The van der Waals surface area contributed by atoms with Gasteiger partial charge in [-0.1, -0.05) is 11.3 Å². The molecule has 8 nitrogen and oxygen atoms in total. The van der Waals surface area contributed by atoms with Gasteiger partial charge in [0.2, 0.25) is 5.88 Å². The van der Waals surface area contributed by atoms with Crippen LogP contribution >= 0.6 is 11.3 Å². The van der Waals surface area contributed by atoms with Gasteiger partial charge in [-0.2, -0.15) is 5.10 Å². The maximum absolute atomic E-state index is 5.74. The van der Waals surface area contributed by atoms with Crippen molar-refractivity contribution in [3.63, 3.8) is 0 Å². The molecular formula is C21H25N7OS. The fourth-order valence-electron chi connectivity index (χ4n) is 3.35. The number of aryl methyl sites for hydroxylation is 2. The Morgan fingerprint density at radius 1 is 1.23 bits per heavy atom. The molecule has 0 aliphatic carbocycles. The van der Waals surface area contributed by atoms with Crippen LogP contribution in [0.15, 0.2) is 24.4 Å². The fourth-order valence-corrected chi connectivity index (χ4v) is 3.99. The highest BCUT2D eigenvalue weighted by Crippen LogP contribution is 2.34. The molecule has 1 N–H and O–H groups in total. The first-order valence-corrected chi connectivity index (χ1v) is 10.8. The molecule has 0 bridgehead atoms. The van der Waals surface area contributed by atoms with Crippen molar-refractivity contribution >= 4 is 28.1 Å². The molecule has 0 saturated heterocycles. The van der Waals surface area contributed by atoms with Crippen molar-refractivity contribution in [1.82, 2.24) is 29.9 Å². The first-order valence-electron chi connectivity index (χ1n) is 9.98. The van der Waals surface area contributed by atoms with Crippen LogP contribution < -0.4 is 10.1 Å². The number of nitrogens with zero attached hydrogens (tertiary/aromatic N) is 6. The Hall–Kier alpha value is -3.07. The van der Waals surface area contributed by atoms with Crippen molar-refractivity contribution in [2.75, 3.05) is 11.9 Å². The summed E-state index contributed by atoms with van der Waals surface area (Å²) in [5.74, 6) is 0.575. The molecule has 4 rings (SSSR count). The Kier molecular flexibility index (Phi) is 5.63. The summed E-state index contributed by atoms with van der Waals surface area (Å²) in [5, 5.41) is 18.5. The Morgan fingerprint density at radius 3 is 2.77 bits per heavy atom. The SMILES string of the molecule is CCOc1ncccc1-c1cc(NCc2nnc(C)s2)c2c(n1)c(C)nn2C(C)C.